The van der Waals surface area contributed by atoms with Crippen LogP contribution in [0.15, 0.2) is 22.8 Å². The normalized spacial score (nSPS) is 17.1. The van der Waals surface area contributed by atoms with Gasteiger partial charge in [0.2, 0.25) is 5.76 Å². The minimum Gasteiger partial charge on any atom is -0.479 e. The van der Waals surface area contributed by atoms with Crippen molar-refractivity contribution in [3.05, 3.63) is 22.8 Å². The van der Waals surface area contributed by atoms with Crippen LogP contribution in [0, 0.1) is 0 Å². The second kappa shape index (κ2) is 2.54. The van der Waals surface area contributed by atoms with E-state index in [0.717, 1.165) is 12.5 Å². The van der Waals surface area contributed by atoms with Gasteiger partial charge in [0, 0.05) is 12.5 Å². The summed E-state index contributed by atoms with van der Waals surface area (Å²) in [7, 11) is 0. The maximum Gasteiger partial charge on any atom is 0.309 e. The first-order valence-corrected chi connectivity index (χ1v) is 3.22. The topological polar surface area (TPSA) is 9.23 Å². The highest BCUT2D eigenvalue weighted by molar-refractivity contribution is 5.11. The van der Waals surface area contributed by atoms with Crippen molar-refractivity contribution in [3.63, 3.8) is 0 Å². The molecule has 0 aromatic rings. The van der Waals surface area contributed by atoms with Crippen LogP contribution in [0.3, 0.4) is 0 Å². The van der Waals surface area contributed by atoms with Crippen LogP contribution in [-0.2, 0) is 4.74 Å². The van der Waals surface area contributed by atoms with Crippen molar-refractivity contribution >= 4 is 0 Å². The molecule has 11 heavy (non-hydrogen) atoms. The lowest BCUT2D eigenvalue weighted by molar-refractivity contribution is -0.00161. The Kier molecular flexibility index (Phi) is 1.86. The van der Waals surface area contributed by atoms with Crippen LogP contribution in [0.4, 0.5) is 8.78 Å². The van der Waals surface area contributed by atoms with Gasteiger partial charge in [-0.15, -0.1) is 0 Å². The highest BCUT2D eigenvalue weighted by Gasteiger charge is 2.30. The summed E-state index contributed by atoms with van der Waals surface area (Å²) in [5, 5.41) is 0. The van der Waals surface area contributed by atoms with Crippen LogP contribution in [0.5, 0.6) is 0 Å². The molecular weight excluding hydrogens is 150 g/mol. The molecule has 0 unspecified atom stereocenters. The Balaban J connectivity index is 3.03. The van der Waals surface area contributed by atoms with Crippen molar-refractivity contribution in [2.24, 2.45) is 0 Å². The van der Waals surface area contributed by atoms with E-state index in [0.29, 0.717) is 0 Å². The Labute approximate surface area is 63.7 Å². The number of ether oxygens (including phenoxy) is 1. The quantitative estimate of drug-likeness (QED) is 0.532. The lowest BCUT2D eigenvalue weighted by Gasteiger charge is -2.15. The Bertz CT molecular complexity index is 260. The van der Waals surface area contributed by atoms with Gasteiger partial charge in [-0.25, -0.2) is 0 Å². The molecule has 0 aromatic carbocycles. The molecule has 0 amide bonds. The molecule has 0 aromatic heterocycles. The first-order valence-electron chi connectivity index (χ1n) is 3.22. The van der Waals surface area contributed by atoms with Gasteiger partial charge < -0.3 is 4.74 Å². The molecule has 0 spiro atoms. The number of rotatable bonds is 1. The summed E-state index contributed by atoms with van der Waals surface area (Å²) < 4.78 is 29.6. The molecule has 0 radical (unpaired) electrons. The van der Waals surface area contributed by atoms with E-state index in [1.54, 1.807) is 6.92 Å². The molecule has 60 valence electrons. The zero-order valence-corrected chi connectivity index (χ0v) is 6.37. The predicted molar refractivity (Wildman–Crippen MR) is 36.3 cm³/mol. The maximum atomic E-state index is 12.5. The smallest absolute Gasteiger partial charge is 0.309 e. The second-order valence-electron chi connectivity index (χ2n) is 2.54. The third-order valence-corrected chi connectivity index (χ3v) is 1.22. The molecule has 0 fully saturated rings. The lowest BCUT2D eigenvalue weighted by atomic mass is 10.2. The Morgan fingerprint density at radius 1 is 1.45 bits per heavy atom. The van der Waals surface area contributed by atoms with E-state index in [2.05, 4.69) is 11.5 Å². The molecule has 0 N–H and O–H groups in total. The number of hydrogen-bond acceptors (Lipinski definition) is 1. The molecule has 0 atom stereocenters. The third-order valence-electron chi connectivity index (χ3n) is 1.22. The molecule has 1 heterocycles. The molecule has 0 saturated heterocycles. The first kappa shape index (κ1) is 8.06. The van der Waals surface area contributed by atoms with Crippen molar-refractivity contribution in [1.82, 2.24) is 0 Å². The van der Waals surface area contributed by atoms with Gasteiger partial charge in [0.1, 0.15) is 6.61 Å². The Hall–Kier alpha value is -1.04. The lowest BCUT2D eigenvalue weighted by Crippen LogP contribution is -2.17. The highest BCUT2D eigenvalue weighted by atomic mass is 19.3. The standard InChI is InChI=1S/C8H8F2O/c1-6-3-4-7(11-5-6)8(2,9)10/h5H2,1-2H3. The van der Waals surface area contributed by atoms with Crippen molar-refractivity contribution < 1.29 is 13.5 Å². The van der Waals surface area contributed by atoms with Gasteiger partial charge in [0.25, 0.3) is 0 Å². The summed E-state index contributed by atoms with van der Waals surface area (Å²) >= 11 is 0. The van der Waals surface area contributed by atoms with Crippen LogP contribution in [-0.4, -0.2) is 12.5 Å². The molecule has 1 aliphatic rings. The molecular formula is C8H8F2O. The summed E-state index contributed by atoms with van der Waals surface area (Å²) in [4.78, 5) is 0. The van der Waals surface area contributed by atoms with Crippen LogP contribution >= 0.6 is 0 Å². The average Bonchev–Trinajstić information content (AvgIpc) is 1.86. The number of allylic oxidation sites excluding steroid dienone is 1. The van der Waals surface area contributed by atoms with Gasteiger partial charge in [-0.05, 0) is 12.7 Å². The van der Waals surface area contributed by atoms with Crippen molar-refractivity contribution in [2.75, 3.05) is 6.61 Å². The zero-order valence-electron chi connectivity index (χ0n) is 6.37. The summed E-state index contributed by atoms with van der Waals surface area (Å²) in [5.41, 5.74) is 5.61. The highest BCUT2D eigenvalue weighted by Crippen LogP contribution is 2.24. The monoisotopic (exact) mass is 158 g/mol. The fraction of sp³-hybridized carbons (Fsp3) is 0.500. The van der Waals surface area contributed by atoms with Crippen molar-refractivity contribution in [3.8, 4) is 0 Å². The van der Waals surface area contributed by atoms with Crippen LogP contribution in [0.25, 0.3) is 0 Å². The van der Waals surface area contributed by atoms with E-state index in [4.69, 9.17) is 4.74 Å². The Morgan fingerprint density at radius 3 is 2.45 bits per heavy atom. The van der Waals surface area contributed by atoms with Gasteiger partial charge in [-0.2, -0.15) is 8.78 Å². The molecule has 1 rings (SSSR count). The fourth-order valence-corrected chi connectivity index (χ4v) is 0.653. The molecule has 1 aliphatic heterocycles. The van der Waals surface area contributed by atoms with E-state index in [1.165, 1.54) is 0 Å². The van der Waals surface area contributed by atoms with Gasteiger partial charge in [0.15, 0.2) is 0 Å². The zero-order chi connectivity index (χ0) is 8.48. The maximum absolute atomic E-state index is 12.5. The van der Waals surface area contributed by atoms with Gasteiger partial charge in [0.05, 0.1) is 0 Å². The summed E-state index contributed by atoms with van der Waals surface area (Å²) in [6.07, 6.45) is 0. The number of halogens is 2. The predicted octanol–water partition coefficient (Wildman–Crippen LogP) is 2.26. The van der Waals surface area contributed by atoms with Crippen LogP contribution < -0.4 is 0 Å². The molecule has 0 bridgehead atoms. The number of alkyl halides is 2. The van der Waals surface area contributed by atoms with Gasteiger partial charge in [-0.1, -0.05) is 5.73 Å². The van der Waals surface area contributed by atoms with E-state index < -0.39 is 11.7 Å². The van der Waals surface area contributed by atoms with E-state index in [1.807, 2.05) is 0 Å². The molecule has 0 saturated carbocycles. The fourth-order valence-electron chi connectivity index (χ4n) is 0.653. The molecule has 1 nitrogen and oxygen atoms in total. The van der Waals surface area contributed by atoms with Gasteiger partial charge in [-0.3, -0.25) is 0 Å². The van der Waals surface area contributed by atoms with Crippen molar-refractivity contribution in [1.29, 1.82) is 0 Å². The van der Waals surface area contributed by atoms with E-state index >= 15 is 0 Å². The summed E-state index contributed by atoms with van der Waals surface area (Å²) in [5.74, 6) is -3.36. The minimum atomic E-state index is -2.94. The van der Waals surface area contributed by atoms with E-state index in [-0.39, 0.29) is 6.61 Å². The summed E-state index contributed by atoms with van der Waals surface area (Å²) in [6.45, 7) is 2.71. The SMILES string of the molecule is CC1=C=C=C(C(C)(F)F)OC1. The average molecular weight is 158 g/mol. The molecule has 3 heteroatoms. The van der Waals surface area contributed by atoms with E-state index in [9.17, 15) is 8.78 Å². The first-order chi connectivity index (χ1) is 5.00. The second-order valence-corrected chi connectivity index (χ2v) is 2.54. The third kappa shape index (κ3) is 1.94. The number of hydrogen-bond donors (Lipinski definition) is 0. The van der Waals surface area contributed by atoms with Gasteiger partial charge >= 0.3 is 5.92 Å². The Morgan fingerprint density at radius 2 is 2.09 bits per heavy atom. The summed E-state index contributed by atoms with van der Waals surface area (Å²) in [6, 6.07) is 0. The molecule has 0 aliphatic carbocycles. The van der Waals surface area contributed by atoms with Crippen molar-refractivity contribution in [2.45, 2.75) is 19.8 Å². The van der Waals surface area contributed by atoms with Crippen LogP contribution in [0.1, 0.15) is 13.8 Å². The largest absolute Gasteiger partial charge is 0.479 e. The minimum absolute atomic E-state index is 0.186. The van der Waals surface area contributed by atoms with Crippen LogP contribution in [0.2, 0.25) is 0 Å².